The van der Waals surface area contributed by atoms with Gasteiger partial charge >= 0.3 is 0 Å². The van der Waals surface area contributed by atoms with Gasteiger partial charge in [0.2, 0.25) is 0 Å². The zero-order valence-electron chi connectivity index (χ0n) is 5.15. The number of rotatable bonds is 2. The molecule has 0 atom stereocenters. The molecule has 0 aromatic carbocycles. The fourth-order valence-corrected chi connectivity index (χ4v) is 0.395. The quantitative estimate of drug-likeness (QED) is 0.374. The van der Waals surface area contributed by atoms with E-state index in [1.165, 1.54) is 0 Å². The monoisotopic (exact) mass is 106 g/mol. The molecule has 0 heterocycles. The molecule has 0 spiro atoms. The maximum Gasteiger partial charge on any atom is -0.0177 e. The van der Waals surface area contributed by atoms with Gasteiger partial charge in [0.05, 0.1) is 0 Å². The third kappa shape index (κ3) is 3.20. The van der Waals surface area contributed by atoms with Gasteiger partial charge in [-0.15, -0.1) is 5.73 Å². The minimum Gasteiger partial charge on any atom is -0.128 e. The Morgan fingerprint density at radius 2 is 2.25 bits per heavy atom. The van der Waals surface area contributed by atoms with E-state index in [0.29, 0.717) is 0 Å². The molecule has 0 aliphatic rings. The topological polar surface area (TPSA) is 0 Å². The van der Waals surface area contributed by atoms with Crippen molar-refractivity contribution in [3.8, 4) is 0 Å². The van der Waals surface area contributed by atoms with Crippen molar-refractivity contribution < 1.29 is 0 Å². The van der Waals surface area contributed by atoms with Crippen LogP contribution in [0.15, 0.2) is 42.7 Å². The molecule has 0 radical (unpaired) electrons. The number of allylic oxidation sites excluding steroid dienone is 4. The van der Waals surface area contributed by atoms with Crippen molar-refractivity contribution in [1.29, 1.82) is 0 Å². The molecular weight excluding hydrogens is 96.1 g/mol. The largest absolute Gasteiger partial charge is 0.128 e. The van der Waals surface area contributed by atoms with Crippen LogP contribution < -0.4 is 0 Å². The molecule has 0 amide bonds. The third-order valence-corrected chi connectivity index (χ3v) is 0.710. The van der Waals surface area contributed by atoms with Crippen LogP contribution in [0.3, 0.4) is 0 Å². The van der Waals surface area contributed by atoms with Crippen molar-refractivity contribution >= 4 is 0 Å². The van der Waals surface area contributed by atoms with Gasteiger partial charge in [0, 0.05) is 0 Å². The molecule has 0 bridgehead atoms. The minimum atomic E-state index is 1.12. The Hall–Kier alpha value is -1.00. The van der Waals surface area contributed by atoms with Crippen LogP contribution >= 0.6 is 0 Å². The van der Waals surface area contributed by atoms with E-state index in [0.717, 1.165) is 5.57 Å². The van der Waals surface area contributed by atoms with Crippen LogP contribution in [0.25, 0.3) is 0 Å². The summed E-state index contributed by atoms with van der Waals surface area (Å²) in [5, 5.41) is 0. The first-order valence-corrected chi connectivity index (χ1v) is 2.46. The summed E-state index contributed by atoms with van der Waals surface area (Å²) in [6.07, 6.45) is 5.45. The van der Waals surface area contributed by atoms with E-state index < -0.39 is 0 Å². The maximum atomic E-state index is 3.54. The molecule has 0 N–H and O–H groups in total. The average molecular weight is 106 g/mol. The van der Waals surface area contributed by atoms with E-state index in [1.54, 1.807) is 6.08 Å². The molecule has 0 aromatic rings. The van der Waals surface area contributed by atoms with E-state index in [4.69, 9.17) is 0 Å². The van der Waals surface area contributed by atoms with Crippen molar-refractivity contribution in [2.75, 3.05) is 0 Å². The highest BCUT2D eigenvalue weighted by Gasteiger charge is 1.71. The van der Waals surface area contributed by atoms with Gasteiger partial charge in [-0.05, 0) is 18.6 Å². The minimum absolute atomic E-state index is 1.12. The van der Waals surface area contributed by atoms with E-state index in [-0.39, 0.29) is 0 Å². The van der Waals surface area contributed by atoms with E-state index in [2.05, 4.69) is 18.9 Å². The first kappa shape index (κ1) is 7.00. The third-order valence-electron chi connectivity index (χ3n) is 0.710. The van der Waals surface area contributed by atoms with Crippen molar-refractivity contribution in [1.82, 2.24) is 0 Å². The summed E-state index contributed by atoms with van der Waals surface area (Å²) in [6, 6.07) is 0. The molecule has 0 fully saturated rings. The van der Waals surface area contributed by atoms with E-state index in [1.807, 2.05) is 19.1 Å². The van der Waals surface area contributed by atoms with Gasteiger partial charge < -0.3 is 0 Å². The zero-order chi connectivity index (χ0) is 6.41. The Kier molecular flexibility index (Phi) is 3.65. The molecular formula is C8H10. The molecule has 0 unspecified atom stereocenters. The molecule has 8 heavy (non-hydrogen) atoms. The van der Waals surface area contributed by atoms with Gasteiger partial charge in [-0.2, -0.15) is 0 Å². The smallest absolute Gasteiger partial charge is 0.0177 e. The lowest BCUT2D eigenvalue weighted by Crippen LogP contribution is -1.60. The highest BCUT2D eigenvalue weighted by molar-refractivity contribution is 5.19. The first-order chi connectivity index (χ1) is 3.81. The first-order valence-electron chi connectivity index (χ1n) is 2.46. The van der Waals surface area contributed by atoms with Crippen LogP contribution in [0.1, 0.15) is 6.92 Å². The van der Waals surface area contributed by atoms with Crippen molar-refractivity contribution in [2.24, 2.45) is 0 Å². The summed E-state index contributed by atoms with van der Waals surface area (Å²) in [6.45, 7) is 8.94. The molecule has 0 nitrogen and oxygen atoms in total. The van der Waals surface area contributed by atoms with Crippen LogP contribution in [-0.2, 0) is 0 Å². The molecule has 0 aliphatic carbocycles. The van der Waals surface area contributed by atoms with Crippen LogP contribution in [0.5, 0.6) is 0 Å². The zero-order valence-corrected chi connectivity index (χ0v) is 5.15. The van der Waals surface area contributed by atoms with Crippen LogP contribution in [0, 0.1) is 0 Å². The summed E-state index contributed by atoms with van der Waals surface area (Å²) in [4.78, 5) is 0. The number of hydrogen-bond donors (Lipinski definition) is 0. The van der Waals surface area contributed by atoms with Crippen LogP contribution in [0.2, 0.25) is 0 Å². The van der Waals surface area contributed by atoms with Crippen LogP contribution in [0.4, 0.5) is 0 Å². The van der Waals surface area contributed by atoms with Gasteiger partial charge in [0.1, 0.15) is 0 Å². The van der Waals surface area contributed by atoms with Gasteiger partial charge in [-0.3, -0.25) is 0 Å². The fourth-order valence-electron chi connectivity index (χ4n) is 0.395. The molecule has 0 aliphatic heterocycles. The molecule has 0 saturated carbocycles. The Bertz CT molecular complexity index is 143. The normalized spacial score (nSPS) is 9.88. The SMILES string of the molecule is C=C=C/C(C)=C/C=C. The van der Waals surface area contributed by atoms with E-state index >= 15 is 0 Å². The molecule has 0 heteroatoms. The summed E-state index contributed by atoms with van der Waals surface area (Å²) >= 11 is 0. The molecule has 42 valence electrons. The van der Waals surface area contributed by atoms with Gasteiger partial charge in [0.15, 0.2) is 0 Å². The van der Waals surface area contributed by atoms with Gasteiger partial charge in [-0.1, -0.05) is 25.3 Å². The van der Waals surface area contributed by atoms with Crippen molar-refractivity contribution in [2.45, 2.75) is 6.92 Å². The van der Waals surface area contributed by atoms with Crippen molar-refractivity contribution in [3.05, 3.63) is 42.7 Å². The lowest BCUT2D eigenvalue weighted by atomic mass is 10.3. The summed E-state index contributed by atoms with van der Waals surface area (Å²) in [5.41, 5.74) is 3.78. The Balaban J connectivity index is 3.99. The average Bonchev–Trinajstić information content (AvgIpc) is 1.68. The number of hydrogen-bond acceptors (Lipinski definition) is 0. The van der Waals surface area contributed by atoms with Gasteiger partial charge in [0.25, 0.3) is 0 Å². The summed E-state index contributed by atoms with van der Waals surface area (Å²) < 4.78 is 0. The van der Waals surface area contributed by atoms with E-state index in [9.17, 15) is 0 Å². The summed E-state index contributed by atoms with van der Waals surface area (Å²) in [7, 11) is 0. The highest BCUT2D eigenvalue weighted by atomic mass is 13.8. The second-order valence-corrected chi connectivity index (χ2v) is 1.49. The Labute approximate surface area is 50.5 Å². The molecule has 0 saturated heterocycles. The standard InChI is InChI=1S/C8H10/c1-4-6-8(3)7-5-2/h4,6-7H,1-2H2,3H3/b8-6+. The lowest BCUT2D eigenvalue weighted by molar-refractivity contribution is 1.53. The second-order valence-electron chi connectivity index (χ2n) is 1.49. The Morgan fingerprint density at radius 3 is 2.62 bits per heavy atom. The Morgan fingerprint density at radius 1 is 1.62 bits per heavy atom. The maximum absolute atomic E-state index is 3.54. The van der Waals surface area contributed by atoms with Crippen LogP contribution in [-0.4, -0.2) is 0 Å². The second kappa shape index (κ2) is 4.17. The predicted molar refractivity (Wildman–Crippen MR) is 37.7 cm³/mol. The predicted octanol–water partition coefficient (Wildman–Crippen LogP) is 2.46. The summed E-state index contributed by atoms with van der Waals surface area (Å²) in [5.74, 6) is 0. The molecule has 0 aromatic heterocycles. The van der Waals surface area contributed by atoms with Gasteiger partial charge in [-0.25, -0.2) is 0 Å². The fraction of sp³-hybridized carbons (Fsp3) is 0.125. The van der Waals surface area contributed by atoms with Crippen molar-refractivity contribution in [3.63, 3.8) is 0 Å². The molecule has 0 rings (SSSR count). The lowest BCUT2D eigenvalue weighted by Gasteiger charge is -1.80. The highest BCUT2D eigenvalue weighted by Crippen LogP contribution is 1.91.